The number of benzene rings is 2. The number of hydrazone groups is 1. The molecular weight excluding hydrogens is 364 g/mol. The summed E-state index contributed by atoms with van der Waals surface area (Å²) in [6.45, 7) is 3.85. The molecule has 0 aliphatic carbocycles. The molecule has 0 unspecified atom stereocenters. The smallest absolute Gasteiger partial charge is 0.280 e. The van der Waals surface area contributed by atoms with Gasteiger partial charge in [-0.3, -0.25) is 0 Å². The minimum absolute atomic E-state index is 0.0426. The summed E-state index contributed by atoms with van der Waals surface area (Å²) in [4.78, 5) is 2.06. The first-order valence-electron chi connectivity index (χ1n) is 7.47. The fraction of sp³-hybridized carbons (Fsp3) is 0.235. The van der Waals surface area contributed by atoms with Crippen molar-refractivity contribution in [2.45, 2.75) is 24.8 Å². The normalized spacial score (nSPS) is 11.7. The number of ether oxygens (including phenoxy) is 2. The van der Waals surface area contributed by atoms with Crippen LogP contribution in [0.25, 0.3) is 0 Å². The third-order valence-electron chi connectivity index (χ3n) is 3.03. The number of hydrogen-bond acceptors (Lipinski definition) is 5. The van der Waals surface area contributed by atoms with Gasteiger partial charge in [-0.15, -0.1) is 0 Å². The van der Waals surface area contributed by atoms with Crippen molar-refractivity contribution in [3.8, 4) is 11.5 Å². The van der Waals surface area contributed by atoms with Gasteiger partial charge in [-0.1, -0.05) is 23.7 Å². The highest BCUT2D eigenvalue weighted by Gasteiger charge is 2.19. The summed E-state index contributed by atoms with van der Waals surface area (Å²) >= 11 is 5.87. The van der Waals surface area contributed by atoms with Crippen LogP contribution in [0, 0.1) is 0 Å². The summed E-state index contributed by atoms with van der Waals surface area (Å²) in [6, 6.07) is 11.5. The van der Waals surface area contributed by atoms with Gasteiger partial charge < -0.3 is 9.47 Å². The molecule has 2 aromatic rings. The lowest BCUT2D eigenvalue weighted by molar-refractivity contribution is 0.242. The van der Waals surface area contributed by atoms with Crippen molar-refractivity contribution in [2.24, 2.45) is 5.10 Å². The molecule has 0 saturated heterocycles. The summed E-state index contributed by atoms with van der Waals surface area (Å²) in [5, 5.41) is 4.08. The molecule has 0 aliphatic heterocycles. The molecule has 0 amide bonds. The number of sulfonamides is 1. The maximum atomic E-state index is 12.4. The van der Waals surface area contributed by atoms with Gasteiger partial charge in [0.05, 0.1) is 19.4 Å². The number of halogens is 1. The molecule has 0 radical (unpaired) electrons. The second-order valence-electron chi connectivity index (χ2n) is 5.39. The van der Waals surface area contributed by atoms with Crippen molar-refractivity contribution >= 4 is 27.8 Å². The van der Waals surface area contributed by atoms with Crippen LogP contribution in [0.4, 0.5) is 0 Å². The molecule has 0 heterocycles. The lowest BCUT2D eigenvalue weighted by Crippen LogP contribution is -2.19. The SMILES string of the molecule is COc1ccc(Cl)cc1S(=O)(=O)N/N=C/c1cccc(OC(C)C)c1. The average Bonchev–Trinajstić information content (AvgIpc) is 2.54. The Labute approximate surface area is 152 Å². The number of hydrogen-bond donors (Lipinski definition) is 1. The van der Waals surface area contributed by atoms with E-state index in [1.165, 1.54) is 25.5 Å². The van der Waals surface area contributed by atoms with E-state index in [9.17, 15) is 8.42 Å². The van der Waals surface area contributed by atoms with Crippen molar-refractivity contribution in [1.82, 2.24) is 4.83 Å². The minimum atomic E-state index is -3.91. The van der Waals surface area contributed by atoms with Crippen molar-refractivity contribution in [1.29, 1.82) is 0 Å². The fourth-order valence-corrected chi connectivity index (χ4v) is 3.25. The van der Waals surface area contributed by atoms with Crippen LogP contribution >= 0.6 is 11.6 Å². The van der Waals surface area contributed by atoms with Gasteiger partial charge in [0.1, 0.15) is 16.4 Å². The van der Waals surface area contributed by atoms with Crippen LogP contribution in [0.1, 0.15) is 19.4 Å². The van der Waals surface area contributed by atoms with Crippen LogP contribution in [0.3, 0.4) is 0 Å². The summed E-state index contributed by atoms with van der Waals surface area (Å²) in [5.74, 6) is 0.859. The van der Waals surface area contributed by atoms with E-state index < -0.39 is 10.0 Å². The maximum Gasteiger partial charge on any atom is 0.280 e. The number of methoxy groups -OCH3 is 1. The van der Waals surface area contributed by atoms with E-state index in [0.717, 1.165) is 0 Å². The Balaban J connectivity index is 2.17. The highest BCUT2D eigenvalue weighted by molar-refractivity contribution is 7.89. The third kappa shape index (κ3) is 5.37. The second-order valence-corrected chi connectivity index (χ2v) is 7.45. The molecule has 0 fully saturated rings. The molecular formula is C17H19ClN2O4S. The largest absolute Gasteiger partial charge is 0.495 e. The molecule has 8 heteroatoms. The molecule has 1 N–H and O–H groups in total. The molecule has 0 aromatic heterocycles. The van der Waals surface area contributed by atoms with Gasteiger partial charge in [0.2, 0.25) is 0 Å². The zero-order valence-electron chi connectivity index (χ0n) is 14.1. The van der Waals surface area contributed by atoms with Gasteiger partial charge in [-0.2, -0.15) is 18.4 Å². The van der Waals surface area contributed by atoms with E-state index in [1.807, 2.05) is 19.9 Å². The van der Waals surface area contributed by atoms with Gasteiger partial charge in [0, 0.05) is 5.02 Å². The molecule has 0 spiro atoms. The van der Waals surface area contributed by atoms with Crippen LogP contribution in [-0.4, -0.2) is 27.8 Å². The molecule has 0 atom stereocenters. The quantitative estimate of drug-likeness (QED) is 0.587. The van der Waals surface area contributed by atoms with Gasteiger partial charge in [-0.25, -0.2) is 0 Å². The zero-order chi connectivity index (χ0) is 18.4. The van der Waals surface area contributed by atoms with E-state index in [1.54, 1.807) is 24.3 Å². The number of nitrogens with one attached hydrogen (secondary N) is 1. The van der Waals surface area contributed by atoms with E-state index in [0.29, 0.717) is 11.3 Å². The Kier molecular flexibility index (Phi) is 6.27. The maximum absolute atomic E-state index is 12.4. The predicted molar refractivity (Wildman–Crippen MR) is 98.1 cm³/mol. The van der Waals surface area contributed by atoms with E-state index in [2.05, 4.69) is 9.93 Å². The highest BCUT2D eigenvalue weighted by atomic mass is 35.5. The first-order chi connectivity index (χ1) is 11.8. The Morgan fingerprint density at radius 2 is 1.96 bits per heavy atom. The first-order valence-corrected chi connectivity index (χ1v) is 9.33. The Morgan fingerprint density at radius 1 is 1.20 bits per heavy atom. The average molecular weight is 383 g/mol. The lowest BCUT2D eigenvalue weighted by Gasteiger charge is -2.10. The Bertz CT molecular complexity index is 867. The Morgan fingerprint density at radius 3 is 2.64 bits per heavy atom. The number of nitrogens with zero attached hydrogens (tertiary/aromatic N) is 1. The van der Waals surface area contributed by atoms with E-state index in [4.69, 9.17) is 21.1 Å². The van der Waals surface area contributed by atoms with Crippen LogP contribution in [0.15, 0.2) is 52.5 Å². The molecule has 0 aliphatic rings. The molecule has 0 saturated carbocycles. The third-order valence-corrected chi connectivity index (χ3v) is 4.51. The summed E-state index contributed by atoms with van der Waals surface area (Å²) in [5.41, 5.74) is 0.693. The van der Waals surface area contributed by atoms with Crippen molar-refractivity contribution in [2.75, 3.05) is 7.11 Å². The minimum Gasteiger partial charge on any atom is -0.495 e. The monoisotopic (exact) mass is 382 g/mol. The molecule has 25 heavy (non-hydrogen) atoms. The lowest BCUT2D eigenvalue weighted by atomic mass is 10.2. The second kappa shape index (κ2) is 8.22. The van der Waals surface area contributed by atoms with Crippen molar-refractivity contribution in [3.63, 3.8) is 0 Å². The molecule has 134 valence electrons. The van der Waals surface area contributed by atoms with Gasteiger partial charge in [-0.05, 0) is 49.7 Å². The number of rotatable bonds is 7. The zero-order valence-corrected chi connectivity index (χ0v) is 15.6. The molecule has 2 aromatic carbocycles. The van der Waals surface area contributed by atoms with Crippen molar-refractivity contribution in [3.05, 3.63) is 53.1 Å². The molecule has 2 rings (SSSR count). The predicted octanol–water partition coefficient (Wildman–Crippen LogP) is 3.45. The van der Waals surface area contributed by atoms with E-state index in [-0.39, 0.29) is 21.8 Å². The summed E-state index contributed by atoms with van der Waals surface area (Å²) in [7, 11) is -2.53. The summed E-state index contributed by atoms with van der Waals surface area (Å²) in [6.07, 6.45) is 1.43. The summed E-state index contributed by atoms with van der Waals surface area (Å²) < 4.78 is 35.4. The Hall–Kier alpha value is -2.25. The van der Waals surface area contributed by atoms with Gasteiger partial charge in [0.25, 0.3) is 10.0 Å². The van der Waals surface area contributed by atoms with Crippen LogP contribution in [0.2, 0.25) is 5.02 Å². The van der Waals surface area contributed by atoms with Gasteiger partial charge >= 0.3 is 0 Å². The molecule has 6 nitrogen and oxygen atoms in total. The van der Waals surface area contributed by atoms with E-state index >= 15 is 0 Å². The van der Waals surface area contributed by atoms with Crippen LogP contribution in [-0.2, 0) is 10.0 Å². The van der Waals surface area contributed by atoms with Gasteiger partial charge in [0.15, 0.2) is 0 Å². The van der Waals surface area contributed by atoms with Crippen LogP contribution < -0.4 is 14.3 Å². The van der Waals surface area contributed by atoms with Crippen LogP contribution in [0.5, 0.6) is 11.5 Å². The fourth-order valence-electron chi connectivity index (χ4n) is 2.02. The topological polar surface area (TPSA) is 77.0 Å². The van der Waals surface area contributed by atoms with Crippen molar-refractivity contribution < 1.29 is 17.9 Å². The standard InChI is InChI=1S/C17H19ClN2O4S/c1-12(2)24-15-6-4-5-13(9-15)11-19-20-25(21,22)17-10-14(18)7-8-16(17)23-3/h4-12,20H,1-3H3/b19-11+. The first kappa shape index (κ1) is 19.1. The highest BCUT2D eigenvalue weighted by Crippen LogP contribution is 2.26. The molecule has 0 bridgehead atoms.